The Morgan fingerprint density at radius 3 is 2.96 bits per heavy atom. The first kappa shape index (κ1) is 18.3. The minimum absolute atomic E-state index is 0.0632. The summed E-state index contributed by atoms with van der Waals surface area (Å²) >= 11 is 1.53. The Kier molecular flexibility index (Phi) is 4.84. The van der Waals surface area contributed by atoms with E-state index in [1.165, 1.54) is 16.9 Å². The van der Waals surface area contributed by atoms with Crippen LogP contribution in [-0.2, 0) is 12.8 Å². The molecule has 0 N–H and O–H groups in total. The molecule has 0 unspecified atom stereocenters. The van der Waals surface area contributed by atoms with Gasteiger partial charge in [0.05, 0.1) is 10.7 Å². The highest BCUT2D eigenvalue weighted by molar-refractivity contribution is 7.13. The first-order valence-corrected chi connectivity index (χ1v) is 10.4. The molecular weight excluding hydrogens is 360 g/mol. The van der Waals surface area contributed by atoms with Crippen LogP contribution in [0.1, 0.15) is 52.6 Å². The molecule has 1 fully saturated rings. The summed E-state index contributed by atoms with van der Waals surface area (Å²) in [6, 6.07) is 6.18. The maximum atomic E-state index is 13.1. The topological polar surface area (TPSA) is 51.7 Å². The van der Waals surface area contributed by atoms with E-state index >= 15 is 0 Å². The zero-order chi connectivity index (χ0) is 19.0. The van der Waals surface area contributed by atoms with Crippen molar-refractivity contribution in [3.05, 3.63) is 39.3 Å². The number of thiazole rings is 1. The van der Waals surface area contributed by atoms with E-state index in [0.29, 0.717) is 6.79 Å². The van der Waals surface area contributed by atoms with Crippen LogP contribution in [-0.4, -0.2) is 35.7 Å². The van der Waals surface area contributed by atoms with Gasteiger partial charge in [-0.2, -0.15) is 0 Å². The molecule has 0 aliphatic carbocycles. The number of aromatic nitrogens is 1. The summed E-state index contributed by atoms with van der Waals surface area (Å²) in [6.07, 6.45) is 3.88. The molecule has 1 aromatic carbocycles. The highest BCUT2D eigenvalue weighted by atomic mass is 32.1. The number of aryl methyl sites for hydroxylation is 2. The lowest BCUT2D eigenvalue weighted by Crippen LogP contribution is -2.45. The lowest BCUT2D eigenvalue weighted by atomic mass is 9.77. The summed E-state index contributed by atoms with van der Waals surface area (Å²) in [5, 5.41) is 0.968. The van der Waals surface area contributed by atoms with Gasteiger partial charge in [-0.25, -0.2) is 4.98 Å². The molecule has 2 aromatic rings. The van der Waals surface area contributed by atoms with Crippen molar-refractivity contribution in [3.63, 3.8) is 0 Å². The normalized spacial score (nSPS) is 21.5. The van der Waals surface area contributed by atoms with Crippen LogP contribution in [0, 0.1) is 12.3 Å². The molecule has 4 rings (SSSR count). The number of carbonyl (C=O) groups excluding carboxylic acids is 1. The van der Waals surface area contributed by atoms with E-state index in [1.807, 2.05) is 17.9 Å². The van der Waals surface area contributed by atoms with Gasteiger partial charge >= 0.3 is 0 Å². The zero-order valence-electron chi connectivity index (χ0n) is 16.2. The highest BCUT2D eigenvalue weighted by Gasteiger charge is 2.35. The molecule has 1 saturated heterocycles. The Morgan fingerprint density at radius 2 is 2.15 bits per heavy atom. The Balaban J connectivity index is 1.50. The van der Waals surface area contributed by atoms with Crippen LogP contribution >= 0.6 is 11.3 Å². The lowest BCUT2D eigenvalue weighted by Gasteiger charge is -2.40. The van der Waals surface area contributed by atoms with Crippen molar-refractivity contribution in [3.8, 4) is 11.5 Å². The fourth-order valence-electron chi connectivity index (χ4n) is 4.20. The van der Waals surface area contributed by atoms with E-state index in [1.54, 1.807) is 0 Å². The standard InChI is InChI=1S/C21H26N2O3S/c1-4-16-19(27-14(2)22-16)20(24)23-9-5-8-21(3,12-23)11-15-6-7-17-18(10-15)26-13-25-17/h6-7,10H,4-5,8-9,11-13H2,1-3H3/t21-/m1/s1. The van der Waals surface area contributed by atoms with Crippen molar-refractivity contribution in [2.45, 2.75) is 46.5 Å². The number of piperidine rings is 1. The number of carbonyl (C=O) groups is 1. The first-order chi connectivity index (χ1) is 13.0. The molecular formula is C21H26N2O3S. The van der Waals surface area contributed by atoms with E-state index < -0.39 is 0 Å². The molecule has 1 atom stereocenters. The molecule has 27 heavy (non-hydrogen) atoms. The number of fused-ring (bicyclic) bond motifs is 1. The van der Waals surface area contributed by atoms with Crippen LogP contribution in [0.15, 0.2) is 18.2 Å². The third-order valence-corrected chi connectivity index (χ3v) is 6.47. The maximum absolute atomic E-state index is 13.1. The summed E-state index contributed by atoms with van der Waals surface area (Å²) in [6.45, 7) is 8.23. The smallest absolute Gasteiger partial charge is 0.265 e. The Hall–Kier alpha value is -2.08. The largest absolute Gasteiger partial charge is 0.454 e. The van der Waals surface area contributed by atoms with Gasteiger partial charge in [-0.3, -0.25) is 4.79 Å². The number of ether oxygens (including phenoxy) is 2. The van der Waals surface area contributed by atoms with E-state index in [9.17, 15) is 4.79 Å². The highest BCUT2D eigenvalue weighted by Crippen LogP contribution is 2.38. The van der Waals surface area contributed by atoms with Gasteiger partial charge in [0.25, 0.3) is 5.91 Å². The number of amides is 1. The maximum Gasteiger partial charge on any atom is 0.265 e. The van der Waals surface area contributed by atoms with Crippen LogP contribution in [0.3, 0.4) is 0 Å². The minimum atomic E-state index is 0.0632. The van der Waals surface area contributed by atoms with Crippen molar-refractivity contribution in [2.24, 2.45) is 5.41 Å². The summed E-state index contributed by atoms with van der Waals surface area (Å²) in [4.78, 5) is 20.5. The van der Waals surface area contributed by atoms with Gasteiger partial charge in [0, 0.05) is 13.1 Å². The second kappa shape index (κ2) is 7.15. The van der Waals surface area contributed by atoms with Crippen LogP contribution in [0.5, 0.6) is 11.5 Å². The lowest BCUT2D eigenvalue weighted by molar-refractivity contribution is 0.0554. The summed E-state index contributed by atoms with van der Waals surface area (Å²) in [7, 11) is 0. The van der Waals surface area contributed by atoms with Gasteiger partial charge < -0.3 is 14.4 Å². The van der Waals surface area contributed by atoms with Crippen LogP contribution in [0.4, 0.5) is 0 Å². The molecule has 1 aromatic heterocycles. The molecule has 2 aliphatic heterocycles. The zero-order valence-corrected chi connectivity index (χ0v) is 17.0. The van der Waals surface area contributed by atoms with Gasteiger partial charge in [0.1, 0.15) is 4.88 Å². The number of likely N-dealkylation sites (tertiary alicyclic amines) is 1. The second-order valence-electron chi connectivity index (χ2n) is 7.87. The Bertz CT molecular complexity index is 863. The monoisotopic (exact) mass is 386 g/mol. The summed E-state index contributed by atoms with van der Waals surface area (Å²) in [5.74, 6) is 1.79. The Morgan fingerprint density at radius 1 is 1.33 bits per heavy atom. The summed E-state index contributed by atoms with van der Waals surface area (Å²) < 4.78 is 10.9. The Labute approximate surface area is 164 Å². The number of hydrogen-bond acceptors (Lipinski definition) is 5. The van der Waals surface area contributed by atoms with Crippen molar-refractivity contribution in [1.29, 1.82) is 0 Å². The SMILES string of the molecule is CCc1nc(C)sc1C(=O)N1CCC[C@](C)(Cc2ccc3c(c2)OCO3)C1. The van der Waals surface area contributed by atoms with E-state index in [2.05, 4.69) is 31.0 Å². The van der Waals surface area contributed by atoms with Gasteiger partial charge in [-0.1, -0.05) is 19.9 Å². The molecule has 2 aliphatic rings. The molecule has 0 saturated carbocycles. The first-order valence-electron chi connectivity index (χ1n) is 9.61. The molecule has 0 spiro atoms. The van der Waals surface area contributed by atoms with Crippen LogP contribution in [0.2, 0.25) is 0 Å². The predicted octanol–water partition coefficient (Wildman–Crippen LogP) is 4.23. The van der Waals surface area contributed by atoms with Gasteiger partial charge in [-0.15, -0.1) is 11.3 Å². The predicted molar refractivity (Wildman–Crippen MR) is 106 cm³/mol. The van der Waals surface area contributed by atoms with Gasteiger partial charge in [-0.05, 0) is 55.7 Å². The molecule has 144 valence electrons. The molecule has 0 radical (unpaired) electrons. The number of benzene rings is 1. The number of nitrogens with zero attached hydrogens (tertiary/aromatic N) is 2. The average molecular weight is 387 g/mol. The third kappa shape index (κ3) is 3.68. The van der Waals surface area contributed by atoms with E-state index in [-0.39, 0.29) is 11.3 Å². The number of hydrogen-bond donors (Lipinski definition) is 0. The van der Waals surface area contributed by atoms with Crippen molar-refractivity contribution in [1.82, 2.24) is 9.88 Å². The van der Waals surface area contributed by atoms with E-state index in [0.717, 1.165) is 65.9 Å². The molecule has 3 heterocycles. The van der Waals surface area contributed by atoms with E-state index in [4.69, 9.17) is 9.47 Å². The van der Waals surface area contributed by atoms with Crippen LogP contribution in [0.25, 0.3) is 0 Å². The third-order valence-electron chi connectivity index (χ3n) is 5.47. The minimum Gasteiger partial charge on any atom is -0.454 e. The average Bonchev–Trinajstić information content (AvgIpc) is 3.26. The summed E-state index contributed by atoms with van der Waals surface area (Å²) in [5.41, 5.74) is 2.23. The molecule has 1 amide bonds. The van der Waals surface area contributed by atoms with Crippen LogP contribution < -0.4 is 9.47 Å². The molecule has 5 nitrogen and oxygen atoms in total. The van der Waals surface area contributed by atoms with Gasteiger partial charge in [0.15, 0.2) is 11.5 Å². The van der Waals surface area contributed by atoms with Crippen molar-refractivity contribution < 1.29 is 14.3 Å². The van der Waals surface area contributed by atoms with Crippen molar-refractivity contribution in [2.75, 3.05) is 19.9 Å². The second-order valence-corrected chi connectivity index (χ2v) is 9.07. The fourth-order valence-corrected chi connectivity index (χ4v) is 5.17. The quantitative estimate of drug-likeness (QED) is 0.789. The number of rotatable bonds is 4. The fraction of sp³-hybridized carbons (Fsp3) is 0.524. The van der Waals surface area contributed by atoms with Crippen molar-refractivity contribution >= 4 is 17.2 Å². The molecule has 0 bridgehead atoms. The van der Waals surface area contributed by atoms with Gasteiger partial charge in [0.2, 0.25) is 6.79 Å². The molecule has 6 heteroatoms.